The first-order valence-electron chi connectivity index (χ1n) is 5.84. The van der Waals surface area contributed by atoms with Crippen LogP contribution in [-0.4, -0.2) is 6.61 Å². The third-order valence-corrected chi connectivity index (χ3v) is 2.28. The first-order chi connectivity index (χ1) is 8.95. The van der Waals surface area contributed by atoms with Crippen molar-refractivity contribution in [1.82, 2.24) is 0 Å². The van der Waals surface area contributed by atoms with E-state index in [1.54, 1.807) is 0 Å². The lowest BCUT2D eigenvalue weighted by atomic mass is 10.2. The van der Waals surface area contributed by atoms with Gasteiger partial charge in [0.2, 0.25) is 0 Å². The third-order valence-electron chi connectivity index (χ3n) is 2.28. The van der Waals surface area contributed by atoms with Crippen LogP contribution in [0.4, 0.5) is 0 Å². The zero-order valence-electron chi connectivity index (χ0n) is 10.0. The van der Waals surface area contributed by atoms with Crippen LogP contribution in [-0.2, 0) is 0 Å². The van der Waals surface area contributed by atoms with Crippen molar-refractivity contribution >= 4 is 0 Å². The van der Waals surface area contributed by atoms with Gasteiger partial charge in [0.15, 0.2) is 0 Å². The molecular weight excluding hydrogens is 220 g/mol. The van der Waals surface area contributed by atoms with Crippen LogP contribution in [0.25, 0.3) is 0 Å². The molecule has 0 saturated heterocycles. The molecule has 0 unspecified atom stereocenters. The average molecular weight is 234 g/mol. The maximum absolute atomic E-state index is 5.50. The topological polar surface area (TPSA) is 9.23 Å². The molecule has 0 radical (unpaired) electrons. The van der Waals surface area contributed by atoms with Gasteiger partial charge in [-0.3, -0.25) is 0 Å². The van der Waals surface area contributed by atoms with Crippen LogP contribution in [0, 0.1) is 11.8 Å². The molecule has 1 heteroatoms. The van der Waals surface area contributed by atoms with Gasteiger partial charge in [-0.15, -0.1) is 0 Å². The fourth-order valence-corrected chi connectivity index (χ4v) is 1.41. The van der Waals surface area contributed by atoms with E-state index in [0.29, 0.717) is 6.61 Å². The summed E-state index contributed by atoms with van der Waals surface area (Å²) in [7, 11) is 0. The highest BCUT2D eigenvalue weighted by Gasteiger charge is 1.86. The Morgan fingerprint density at radius 1 is 0.889 bits per heavy atom. The minimum atomic E-state index is 0.535. The molecule has 0 aromatic heterocycles. The summed E-state index contributed by atoms with van der Waals surface area (Å²) in [5, 5.41) is 0. The van der Waals surface area contributed by atoms with Crippen molar-refractivity contribution in [2.45, 2.75) is 0 Å². The molecule has 0 heterocycles. The predicted molar refractivity (Wildman–Crippen MR) is 74.4 cm³/mol. The number of para-hydroxylation sites is 1. The summed E-state index contributed by atoms with van der Waals surface area (Å²) in [6, 6.07) is 19.7. The van der Waals surface area contributed by atoms with Crippen molar-refractivity contribution in [2.75, 3.05) is 6.61 Å². The molecular formula is C17H14O. The lowest BCUT2D eigenvalue weighted by molar-refractivity contribution is 0.363. The summed E-state index contributed by atoms with van der Waals surface area (Å²) in [6.45, 7) is 0.535. The molecule has 0 aliphatic heterocycles. The van der Waals surface area contributed by atoms with Crippen molar-refractivity contribution in [2.24, 2.45) is 0 Å². The molecule has 0 amide bonds. The van der Waals surface area contributed by atoms with E-state index < -0.39 is 0 Å². The standard InChI is InChI=1S/C17H14O/c1-4-10-16(11-5-1)12-6-3-9-15-18-17-13-7-2-8-14-17/h1-5,7-11,13-14H,15H2/b9-3-. The normalized spacial score (nSPS) is 9.78. The lowest BCUT2D eigenvalue weighted by Gasteiger charge is -2.00. The maximum atomic E-state index is 5.50. The second-order valence-electron chi connectivity index (χ2n) is 3.66. The van der Waals surface area contributed by atoms with Crippen molar-refractivity contribution in [3.63, 3.8) is 0 Å². The second-order valence-corrected chi connectivity index (χ2v) is 3.66. The fourth-order valence-electron chi connectivity index (χ4n) is 1.41. The van der Waals surface area contributed by atoms with Gasteiger partial charge in [0.25, 0.3) is 0 Å². The number of benzene rings is 2. The van der Waals surface area contributed by atoms with Crippen LogP contribution in [0.15, 0.2) is 72.8 Å². The summed E-state index contributed by atoms with van der Waals surface area (Å²) < 4.78 is 5.50. The largest absolute Gasteiger partial charge is 0.490 e. The zero-order valence-corrected chi connectivity index (χ0v) is 10.0. The highest BCUT2D eigenvalue weighted by atomic mass is 16.5. The van der Waals surface area contributed by atoms with E-state index in [9.17, 15) is 0 Å². The van der Waals surface area contributed by atoms with Crippen LogP contribution < -0.4 is 4.74 Å². The van der Waals surface area contributed by atoms with E-state index >= 15 is 0 Å². The van der Waals surface area contributed by atoms with Crippen molar-refractivity contribution < 1.29 is 4.74 Å². The molecule has 0 saturated carbocycles. The molecule has 0 bridgehead atoms. The van der Waals surface area contributed by atoms with Crippen molar-refractivity contribution in [1.29, 1.82) is 0 Å². The Morgan fingerprint density at radius 2 is 1.56 bits per heavy atom. The molecule has 0 atom stereocenters. The molecule has 0 N–H and O–H groups in total. The Labute approximate surface area is 108 Å². The summed E-state index contributed by atoms with van der Waals surface area (Å²) in [5.41, 5.74) is 1.02. The molecule has 0 fully saturated rings. The summed E-state index contributed by atoms with van der Waals surface area (Å²) in [4.78, 5) is 0. The monoisotopic (exact) mass is 234 g/mol. The Morgan fingerprint density at radius 3 is 2.28 bits per heavy atom. The van der Waals surface area contributed by atoms with Gasteiger partial charge in [-0.2, -0.15) is 0 Å². The van der Waals surface area contributed by atoms with Crippen LogP contribution in [0.2, 0.25) is 0 Å². The zero-order chi connectivity index (χ0) is 12.5. The molecule has 2 aromatic carbocycles. The van der Waals surface area contributed by atoms with Crippen molar-refractivity contribution in [3.8, 4) is 17.6 Å². The highest BCUT2D eigenvalue weighted by molar-refractivity contribution is 5.36. The quantitative estimate of drug-likeness (QED) is 0.736. The van der Waals surface area contributed by atoms with E-state index in [2.05, 4.69) is 11.8 Å². The Balaban J connectivity index is 1.78. The van der Waals surface area contributed by atoms with Crippen LogP contribution in [0.3, 0.4) is 0 Å². The van der Waals surface area contributed by atoms with Gasteiger partial charge in [-0.1, -0.05) is 48.2 Å². The second kappa shape index (κ2) is 6.98. The first-order valence-corrected chi connectivity index (χ1v) is 5.84. The van der Waals surface area contributed by atoms with Gasteiger partial charge in [-0.05, 0) is 36.4 Å². The summed E-state index contributed by atoms with van der Waals surface area (Å²) >= 11 is 0. The molecule has 1 nitrogen and oxygen atoms in total. The summed E-state index contributed by atoms with van der Waals surface area (Å²) in [6.07, 6.45) is 3.72. The number of hydrogen-bond acceptors (Lipinski definition) is 1. The Hall–Kier alpha value is -2.46. The Kier molecular flexibility index (Phi) is 4.66. The van der Waals surface area contributed by atoms with Gasteiger partial charge in [0, 0.05) is 5.56 Å². The van der Waals surface area contributed by atoms with E-state index in [1.165, 1.54) is 0 Å². The molecule has 2 rings (SSSR count). The molecule has 0 aliphatic rings. The van der Waals surface area contributed by atoms with Gasteiger partial charge < -0.3 is 4.74 Å². The first kappa shape index (κ1) is 12.0. The van der Waals surface area contributed by atoms with E-state index in [-0.39, 0.29) is 0 Å². The Bertz CT molecular complexity index is 544. The van der Waals surface area contributed by atoms with Gasteiger partial charge in [0.05, 0.1) is 0 Å². The minimum absolute atomic E-state index is 0.535. The van der Waals surface area contributed by atoms with E-state index in [1.807, 2.05) is 72.8 Å². The SMILES string of the molecule is C(#Cc1ccccc1)/C=C\COc1ccccc1. The summed E-state index contributed by atoms with van der Waals surface area (Å²) in [5.74, 6) is 6.90. The predicted octanol–water partition coefficient (Wildman–Crippen LogP) is 3.67. The maximum Gasteiger partial charge on any atom is 0.119 e. The number of ether oxygens (including phenoxy) is 1. The van der Waals surface area contributed by atoms with Gasteiger partial charge in [0.1, 0.15) is 12.4 Å². The van der Waals surface area contributed by atoms with Crippen LogP contribution >= 0.6 is 0 Å². The molecule has 88 valence electrons. The van der Waals surface area contributed by atoms with Gasteiger partial charge in [-0.25, -0.2) is 0 Å². The number of rotatable bonds is 3. The smallest absolute Gasteiger partial charge is 0.119 e. The van der Waals surface area contributed by atoms with Crippen molar-refractivity contribution in [3.05, 3.63) is 78.4 Å². The van der Waals surface area contributed by atoms with Crippen LogP contribution in [0.1, 0.15) is 5.56 Å². The van der Waals surface area contributed by atoms with Crippen LogP contribution in [0.5, 0.6) is 5.75 Å². The van der Waals surface area contributed by atoms with Gasteiger partial charge >= 0.3 is 0 Å². The van der Waals surface area contributed by atoms with E-state index in [4.69, 9.17) is 4.74 Å². The van der Waals surface area contributed by atoms with E-state index in [0.717, 1.165) is 11.3 Å². The third kappa shape index (κ3) is 4.19. The fraction of sp³-hybridized carbons (Fsp3) is 0.0588. The highest BCUT2D eigenvalue weighted by Crippen LogP contribution is 2.07. The molecule has 0 spiro atoms. The molecule has 2 aromatic rings. The average Bonchev–Trinajstić information content (AvgIpc) is 2.45. The molecule has 0 aliphatic carbocycles. The lowest BCUT2D eigenvalue weighted by Crippen LogP contribution is -1.91. The minimum Gasteiger partial charge on any atom is -0.490 e. The number of allylic oxidation sites excluding steroid dienone is 1. The molecule has 18 heavy (non-hydrogen) atoms. The number of hydrogen-bond donors (Lipinski definition) is 0.